The van der Waals surface area contributed by atoms with Crippen LogP contribution in [0.2, 0.25) is 0 Å². The Bertz CT molecular complexity index is 533. The predicted octanol–water partition coefficient (Wildman–Crippen LogP) is 3.92. The standard InChI is InChI=1S/C17H21FN2S/c1-2-8-20-16(10-14-5-4-9-19-12-14)13-21-17-7-3-6-15(18)11-17/h3-7,9,11-12,16,20H,2,8,10,13H2,1H3. The Morgan fingerprint density at radius 1 is 1.29 bits per heavy atom. The number of nitrogens with one attached hydrogen (secondary N) is 1. The monoisotopic (exact) mass is 304 g/mol. The van der Waals surface area contributed by atoms with Crippen LogP contribution < -0.4 is 5.32 Å². The summed E-state index contributed by atoms with van der Waals surface area (Å²) < 4.78 is 13.2. The fourth-order valence-electron chi connectivity index (χ4n) is 2.10. The molecule has 0 radical (unpaired) electrons. The summed E-state index contributed by atoms with van der Waals surface area (Å²) >= 11 is 1.69. The van der Waals surface area contributed by atoms with Gasteiger partial charge in [-0.25, -0.2) is 4.39 Å². The van der Waals surface area contributed by atoms with Crippen molar-refractivity contribution in [3.05, 3.63) is 60.2 Å². The molecule has 112 valence electrons. The molecule has 0 aliphatic carbocycles. The molecule has 1 aromatic heterocycles. The Hall–Kier alpha value is -1.39. The first-order chi connectivity index (χ1) is 10.3. The van der Waals surface area contributed by atoms with Gasteiger partial charge in [0.05, 0.1) is 0 Å². The minimum Gasteiger partial charge on any atom is -0.313 e. The van der Waals surface area contributed by atoms with Gasteiger partial charge in [0.1, 0.15) is 5.82 Å². The van der Waals surface area contributed by atoms with E-state index in [1.54, 1.807) is 30.1 Å². The zero-order valence-corrected chi connectivity index (χ0v) is 13.1. The first kappa shape index (κ1) is 16.0. The Kier molecular flexibility index (Phi) is 6.70. The Labute approximate surface area is 130 Å². The van der Waals surface area contributed by atoms with Crippen LogP contribution in [0.15, 0.2) is 53.7 Å². The van der Waals surface area contributed by atoms with Gasteiger partial charge >= 0.3 is 0 Å². The van der Waals surface area contributed by atoms with E-state index in [1.807, 2.05) is 18.3 Å². The quantitative estimate of drug-likeness (QED) is 0.748. The molecule has 2 aromatic rings. The lowest BCUT2D eigenvalue weighted by atomic mass is 10.1. The maximum Gasteiger partial charge on any atom is 0.124 e. The summed E-state index contributed by atoms with van der Waals surface area (Å²) in [6, 6.07) is 11.2. The lowest BCUT2D eigenvalue weighted by Crippen LogP contribution is -2.34. The van der Waals surface area contributed by atoms with E-state index in [9.17, 15) is 4.39 Å². The van der Waals surface area contributed by atoms with Crippen molar-refractivity contribution in [2.75, 3.05) is 12.3 Å². The maximum atomic E-state index is 13.2. The van der Waals surface area contributed by atoms with Crippen molar-refractivity contribution < 1.29 is 4.39 Å². The molecule has 0 amide bonds. The second-order valence-corrected chi connectivity index (χ2v) is 6.08. The summed E-state index contributed by atoms with van der Waals surface area (Å²) in [6.45, 7) is 3.16. The van der Waals surface area contributed by atoms with E-state index in [-0.39, 0.29) is 5.82 Å². The van der Waals surface area contributed by atoms with E-state index in [2.05, 4.69) is 23.3 Å². The van der Waals surface area contributed by atoms with Gasteiger partial charge in [-0.3, -0.25) is 4.98 Å². The lowest BCUT2D eigenvalue weighted by molar-refractivity contribution is 0.549. The lowest BCUT2D eigenvalue weighted by Gasteiger charge is -2.18. The average molecular weight is 304 g/mol. The minimum atomic E-state index is -0.176. The molecular weight excluding hydrogens is 283 g/mol. The molecule has 0 saturated carbocycles. The SMILES string of the molecule is CCCNC(CSc1cccc(F)c1)Cc1cccnc1. The van der Waals surface area contributed by atoms with Crippen molar-refractivity contribution in [1.29, 1.82) is 0 Å². The van der Waals surface area contributed by atoms with Gasteiger partial charge in [-0.2, -0.15) is 0 Å². The zero-order chi connectivity index (χ0) is 14.9. The minimum absolute atomic E-state index is 0.176. The molecular formula is C17H21FN2S. The Balaban J connectivity index is 1.92. The fraction of sp³-hybridized carbons (Fsp3) is 0.353. The van der Waals surface area contributed by atoms with Gasteiger partial charge in [-0.15, -0.1) is 11.8 Å². The number of pyridine rings is 1. The molecule has 0 fully saturated rings. The van der Waals surface area contributed by atoms with Crippen LogP contribution >= 0.6 is 11.8 Å². The molecule has 1 heterocycles. The highest BCUT2D eigenvalue weighted by atomic mass is 32.2. The van der Waals surface area contributed by atoms with Crippen LogP contribution in [0.4, 0.5) is 4.39 Å². The average Bonchev–Trinajstić information content (AvgIpc) is 2.51. The van der Waals surface area contributed by atoms with E-state index in [4.69, 9.17) is 0 Å². The summed E-state index contributed by atoms with van der Waals surface area (Å²) in [7, 11) is 0. The van der Waals surface area contributed by atoms with Gasteiger partial charge in [0.25, 0.3) is 0 Å². The molecule has 0 aliphatic heterocycles. The van der Waals surface area contributed by atoms with E-state index >= 15 is 0 Å². The summed E-state index contributed by atoms with van der Waals surface area (Å²) in [4.78, 5) is 5.14. The van der Waals surface area contributed by atoms with Gasteiger partial charge in [0.2, 0.25) is 0 Å². The van der Waals surface area contributed by atoms with Crippen LogP contribution in [0.5, 0.6) is 0 Å². The molecule has 1 atom stereocenters. The number of thioether (sulfide) groups is 1. The van der Waals surface area contributed by atoms with Crippen LogP contribution in [-0.2, 0) is 6.42 Å². The molecule has 1 N–H and O–H groups in total. The van der Waals surface area contributed by atoms with Crippen molar-refractivity contribution in [2.45, 2.75) is 30.7 Å². The molecule has 0 spiro atoms. The molecule has 1 unspecified atom stereocenters. The highest BCUT2D eigenvalue weighted by Crippen LogP contribution is 2.20. The van der Waals surface area contributed by atoms with E-state index in [0.717, 1.165) is 30.0 Å². The van der Waals surface area contributed by atoms with Crippen molar-refractivity contribution in [3.63, 3.8) is 0 Å². The van der Waals surface area contributed by atoms with Crippen LogP contribution in [0.3, 0.4) is 0 Å². The van der Waals surface area contributed by atoms with E-state index < -0.39 is 0 Å². The Morgan fingerprint density at radius 2 is 2.19 bits per heavy atom. The third-order valence-corrected chi connectivity index (χ3v) is 4.29. The second-order valence-electron chi connectivity index (χ2n) is 4.98. The zero-order valence-electron chi connectivity index (χ0n) is 12.3. The number of benzene rings is 1. The first-order valence-corrected chi connectivity index (χ1v) is 8.27. The smallest absolute Gasteiger partial charge is 0.124 e. The normalized spacial score (nSPS) is 12.3. The fourth-order valence-corrected chi connectivity index (χ4v) is 3.10. The van der Waals surface area contributed by atoms with Crippen LogP contribution in [0, 0.1) is 5.82 Å². The summed E-state index contributed by atoms with van der Waals surface area (Å²) in [5.74, 6) is 0.739. The molecule has 0 bridgehead atoms. The molecule has 1 aromatic carbocycles. The first-order valence-electron chi connectivity index (χ1n) is 7.28. The molecule has 4 heteroatoms. The Morgan fingerprint density at radius 3 is 2.90 bits per heavy atom. The van der Waals surface area contributed by atoms with Gasteiger partial charge in [0, 0.05) is 29.1 Å². The largest absolute Gasteiger partial charge is 0.313 e. The van der Waals surface area contributed by atoms with Crippen molar-refractivity contribution in [1.82, 2.24) is 10.3 Å². The van der Waals surface area contributed by atoms with E-state index in [0.29, 0.717) is 6.04 Å². The predicted molar refractivity (Wildman–Crippen MR) is 87.1 cm³/mol. The summed E-state index contributed by atoms with van der Waals surface area (Å²) in [5, 5.41) is 3.56. The van der Waals surface area contributed by atoms with Crippen LogP contribution in [0.1, 0.15) is 18.9 Å². The molecule has 0 aliphatic rings. The highest BCUT2D eigenvalue weighted by Gasteiger charge is 2.10. The number of halogens is 1. The third-order valence-electron chi connectivity index (χ3n) is 3.14. The molecule has 2 nitrogen and oxygen atoms in total. The van der Waals surface area contributed by atoms with Crippen molar-refractivity contribution >= 4 is 11.8 Å². The van der Waals surface area contributed by atoms with Gasteiger partial charge in [0.15, 0.2) is 0 Å². The van der Waals surface area contributed by atoms with Crippen LogP contribution in [-0.4, -0.2) is 23.3 Å². The van der Waals surface area contributed by atoms with Gasteiger partial charge < -0.3 is 5.32 Å². The summed E-state index contributed by atoms with van der Waals surface area (Å²) in [6.07, 6.45) is 5.75. The number of aromatic nitrogens is 1. The van der Waals surface area contributed by atoms with Gasteiger partial charge in [-0.1, -0.05) is 19.1 Å². The number of hydrogen-bond acceptors (Lipinski definition) is 3. The number of nitrogens with zero attached hydrogens (tertiary/aromatic N) is 1. The topological polar surface area (TPSA) is 24.9 Å². The third kappa shape index (κ3) is 5.86. The van der Waals surface area contributed by atoms with Crippen LogP contribution in [0.25, 0.3) is 0 Å². The molecule has 21 heavy (non-hydrogen) atoms. The maximum absolute atomic E-state index is 13.2. The van der Waals surface area contributed by atoms with E-state index in [1.165, 1.54) is 11.6 Å². The molecule has 2 rings (SSSR count). The van der Waals surface area contributed by atoms with Gasteiger partial charge in [-0.05, 0) is 49.2 Å². The van der Waals surface area contributed by atoms with Crippen molar-refractivity contribution in [3.8, 4) is 0 Å². The number of rotatable bonds is 8. The highest BCUT2D eigenvalue weighted by molar-refractivity contribution is 7.99. The molecule has 0 saturated heterocycles. The number of hydrogen-bond donors (Lipinski definition) is 1. The van der Waals surface area contributed by atoms with Crippen molar-refractivity contribution in [2.24, 2.45) is 0 Å². The summed E-state index contributed by atoms with van der Waals surface area (Å²) in [5.41, 5.74) is 1.23. The second kappa shape index (κ2) is 8.80.